The molecule has 1 saturated heterocycles. The molecule has 1 aromatic rings. The Bertz CT molecular complexity index is 694. The van der Waals surface area contributed by atoms with Crippen molar-refractivity contribution in [2.45, 2.75) is 12.8 Å². The molecule has 0 atom stereocenters. The van der Waals surface area contributed by atoms with Crippen LogP contribution in [0, 0.1) is 0 Å². The molecule has 1 aliphatic heterocycles. The number of piperazine rings is 1. The number of benzene rings is 1. The van der Waals surface area contributed by atoms with E-state index in [1.807, 2.05) is 0 Å². The Morgan fingerprint density at radius 2 is 1.74 bits per heavy atom. The van der Waals surface area contributed by atoms with Crippen molar-refractivity contribution in [3.8, 4) is 0 Å². The molecule has 1 amide bonds. The third kappa shape index (κ3) is 4.52. The highest BCUT2D eigenvalue weighted by atomic mass is 32.2. The predicted octanol–water partition coefficient (Wildman–Crippen LogP) is 0.421. The van der Waals surface area contributed by atoms with Crippen molar-refractivity contribution in [1.82, 2.24) is 9.21 Å². The Morgan fingerprint density at radius 1 is 1.13 bits per heavy atom. The topological polar surface area (TPSA) is 95.0 Å². The smallest absolute Gasteiger partial charge is 0.335 e. The molecular formula is C15H20N2O5S. The summed E-state index contributed by atoms with van der Waals surface area (Å²) in [5.41, 5.74) is 0.838. The maximum Gasteiger partial charge on any atom is 0.335 e. The molecule has 2 rings (SSSR count). The number of amides is 1. The van der Waals surface area contributed by atoms with Crippen LogP contribution >= 0.6 is 0 Å². The van der Waals surface area contributed by atoms with Crippen LogP contribution < -0.4 is 0 Å². The number of carbonyl (C=O) groups excluding carboxylic acids is 1. The van der Waals surface area contributed by atoms with Crippen LogP contribution in [0.4, 0.5) is 0 Å². The van der Waals surface area contributed by atoms with Crippen molar-refractivity contribution in [2.24, 2.45) is 0 Å². The minimum absolute atomic E-state index is 0.0849. The number of nitrogens with zero attached hydrogens (tertiary/aromatic N) is 2. The minimum Gasteiger partial charge on any atom is -0.478 e. The van der Waals surface area contributed by atoms with Gasteiger partial charge >= 0.3 is 5.97 Å². The Hall–Kier alpha value is -1.93. The summed E-state index contributed by atoms with van der Waals surface area (Å²) in [6, 6.07) is 6.63. The lowest BCUT2D eigenvalue weighted by molar-refractivity contribution is -0.132. The number of carboxylic acids is 1. The third-order valence-electron chi connectivity index (χ3n) is 3.92. The number of hydrogen-bond donors (Lipinski definition) is 1. The van der Waals surface area contributed by atoms with Gasteiger partial charge in [-0.2, -0.15) is 4.31 Å². The molecule has 7 nitrogen and oxygen atoms in total. The Morgan fingerprint density at radius 3 is 2.30 bits per heavy atom. The number of carboxylic acid groups (broad SMARTS) is 1. The lowest BCUT2D eigenvalue weighted by atomic mass is 10.0. The van der Waals surface area contributed by atoms with E-state index in [0.29, 0.717) is 38.2 Å². The molecule has 0 aromatic heterocycles. The molecule has 0 unspecified atom stereocenters. The summed E-state index contributed by atoms with van der Waals surface area (Å²) in [4.78, 5) is 25.0. The molecule has 0 saturated carbocycles. The van der Waals surface area contributed by atoms with E-state index >= 15 is 0 Å². The summed E-state index contributed by atoms with van der Waals surface area (Å²) in [6.45, 7) is 1.34. The largest absolute Gasteiger partial charge is 0.478 e. The van der Waals surface area contributed by atoms with Gasteiger partial charge in [-0.25, -0.2) is 13.2 Å². The van der Waals surface area contributed by atoms with Crippen LogP contribution in [-0.4, -0.2) is 67.0 Å². The van der Waals surface area contributed by atoms with Gasteiger partial charge in [-0.3, -0.25) is 4.79 Å². The van der Waals surface area contributed by atoms with Gasteiger partial charge in [0, 0.05) is 32.6 Å². The van der Waals surface area contributed by atoms with Gasteiger partial charge in [-0.05, 0) is 18.1 Å². The third-order valence-corrected chi connectivity index (χ3v) is 5.22. The predicted molar refractivity (Wildman–Crippen MR) is 84.7 cm³/mol. The number of hydrogen-bond acceptors (Lipinski definition) is 4. The van der Waals surface area contributed by atoms with E-state index in [1.165, 1.54) is 10.4 Å². The van der Waals surface area contributed by atoms with Crippen molar-refractivity contribution in [3.05, 3.63) is 35.4 Å². The van der Waals surface area contributed by atoms with Crippen LogP contribution in [0.25, 0.3) is 0 Å². The average molecular weight is 340 g/mol. The van der Waals surface area contributed by atoms with Crippen LogP contribution in [0.3, 0.4) is 0 Å². The van der Waals surface area contributed by atoms with Gasteiger partial charge in [0.1, 0.15) is 0 Å². The van der Waals surface area contributed by atoms with Gasteiger partial charge in [0.2, 0.25) is 15.9 Å². The fourth-order valence-corrected chi connectivity index (χ4v) is 3.44. The fourth-order valence-electron chi connectivity index (χ4n) is 2.62. The van der Waals surface area contributed by atoms with Gasteiger partial charge in [-0.1, -0.05) is 18.2 Å². The summed E-state index contributed by atoms with van der Waals surface area (Å²) >= 11 is 0. The van der Waals surface area contributed by atoms with E-state index in [9.17, 15) is 18.0 Å². The van der Waals surface area contributed by atoms with E-state index in [-0.39, 0.29) is 17.9 Å². The van der Waals surface area contributed by atoms with Gasteiger partial charge < -0.3 is 10.0 Å². The normalized spacial score (nSPS) is 16.3. The monoisotopic (exact) mass is 340 g/mol. The van der Waals surface area contributed by atoms with Crippen LogP contribution in [0.15, 0.2) is 24.3 Å². The fraction of sp³-hybridized carbons (Fsp3) is 0.467. The highest BCUT2D eigenvalue weighted by molar-refractivity contribution is 7.88. The molecule has 0 aliphatic carbocycles. The van der Waals surface area contributed by atoms with Crippen LogP contribution in [0.2, 0.25) is 0 Å². The first-order valence-electron chi connectivity index (χ1n) is 7.33. The summed E-state index contributed by atoms with van der Waals surface area (Å²) in [6.07, 6.45) is 1.73. The van der Waals surface area contributed by atoms with Crippen molar-refractivity contribution in [2.75, 3.05) is 32.4 Å². The number of sulfonamides is 1. The summed E-state index contributed by atoms with van der Waals surface area (Å²) in [5.74, 6) is -1.09. The summed E-state index contributed by atoms with van der Waals surface area (Å²) in [5, 5.41) is 9.13. The minimum atomic E-state index is -3.22. The van der Waals surface area contributed by atoms with E-state index in [0.717, 1.165) is 6.26 Å². The van der Waals surface area contributed by atoms with Gasteiger partial charge in [0.25, 0.3) is 0 Å². The molecule has 1 aromatic carbocycles. The van der Waals surface area contributed by atoms with E-state index < -0.39 is 16.0 Å². The first-order chi connectivity index (χ1) is 10.8. The lowest BCUT2D eigenvalue weighted by Gasteiger charge is -2.33. The zero-order valence-corrected chi connectivity index (χ0v) is 13.8. The van der Waals surface area contributed by atoms with E-state index in [4.69, 9.17) is 5.11 Å². The second-order valence-corrected chi connectivity index (χ2v) is 7.49. The standard InChI is InChI=1S/C15H20N2O5S/c1-23(21,22)17-10-8-16(9-11-17)14(18)7-6-12-4-2-3-5-13(12)15(19)20/h2-5H,6-11H2,1H3,(H,19,20). The number of carbonyl (C=O) groups is 2. The molecule has 1 heterocycles. The highest BCUT2D eigenvalue weighted by Gasteiger charge is 2.25. The second kappa shape index (κ2) is 7.10. The maximum absolute atomic E-state index is 12.2. The SMILES string of the molecule is CS(=O)(=O)N1CCN(C(=O)CCc2ccccc2C(=O)O)CC1. The molecule has 1 N–H and O–H groups in total. The van der Waals surface area contributed by atoms with Gasteiger partial charge in [-0.15, -0.1) is 0 Å². The summed E-state index contributed by atoms with van der Waals surface area (Å²) in [7, 11) is -3.22. The van der Waals surface area contributed by atoms with Crippen LogP contribution in [-0.2, 0) is 21.2 Å². The van der Waals surface area contributed by atoms with E-state index in [1.54, 1.807) is 23.1 Å². The highest BCUT2D eigenvalue weighted by Crippen LogP contribution is 2.13. The summed E-state index contributed by atoms with van der Waals surface area (Å²) < 4.78 is 24.2. The second-order valence-electron chi connectivity index (χ2n) is 5.51. The maximum atomic E-state index is 12.2. The molecule has 0 spiro atoms. The first-order valence-corrected chi connectivity index (χ1v) is 9.18. The molecule has 1 fully saturated rings. The molecule has 23 heavy (non-hydrogen) atoms. The van der Waals surface area contributed by atoms with Gasteiger partial charge in [0.15, 0.2) is 0 Å². The number of rotatable bonds is 5. The van der Waals surface area contributed by atoms with Crippen molar-refractivity contribution in [1.29, 1.82) is 0 Å². The van der Waals surface area contributed by atoms with Crippen LogP contribution in [0.5, 0.6) is 0 Å². The molecular weight excluding hydrogens is 320 g/mol. The lowest BCUT2D eigenvalue weighted by Crippen LogP contribution is -2.50. The quantitative estimate of drug-likeness (QED) is 0.838. The zero-order valence-electron chi connectivity index (χ0n) is 12.9. The molecule has 1 aliphatic rings. The average Bonchev–Trinajstić information content (AvgIpc) is 2.52. The van der Waals surface area contributed by atoms with E-state index in [2.05, 4.69) is 0 Å². The van der Waals surface area contributed by atoms with Crippen molar-refractivity contribution < 1.29 is 23.1 Å². The molecule has 0 bridgehead atoms. The van der Waals surface area contributed by atoms with Crippen molar-refractivity contribution in [3.63, 3.8) is 0 Å². The van der Waals surface area contributed by atoms with Crippen LogP contribution in [0.1, 0.15) is 22.3 Å². The Labute approximate surface area is 135 Å². The molecule has 8 heteroatoms. The number of aryl methyl sites for hydroxylation is 1. The molecule has 126 valence electrons. The Kier molecular flexibility index (Phi) is 5.38. The zero-order chi connectivity index (χ0) is 17.0. The van der Waals surface area contributed by atoms with Crippen molar-refractivity contribution >= 4 is 21.9 Å². The Balaban J connectivity index is 1.91. The first kappa shape index (κ1) is 17.4. The number of aromatic carboxylic acids is 1. The van der Waals surface area contributed by atoms with Gasteiger partial charge in [0.05, 0.1) is 11.8 Å². The molecule has 0 radical (unpaired) electrons.